The Morgan fingerprint density at radius 2 is 1.56 bits per heavy atom. The third kappa shape index (κ3) is 7.68. The summed E-state index contributed by atoms with van der Waals surface area (Å²) in [6.45, 7) is 12.4. The summed E-state index contributed by atoms with van der Waals surface area (Å²) >= 11 is 0. The van der Waals surface area contributed by atoms with Gasteiger partial charge in [-0.15, -0.1) is 0 Å². The minimum absolute atomic E-state index is 0.0561. The molecule has 0 saturated carbocycles. The minimum Gasteiger partial charge on any atom is -0.454 e. The average Bonchev–Trinajstić information content (AvgIpc) is 2.49. The number of benzene rings is 1. The van der Waals surface area contributed by atoms with Crippen molar-refractivity contribution in [3.63, 3.8) is 0 Å². The highest BCUT2D eigenvalue weighted by Crippen LogP contribution is 2.23. The molecule has 2 N–H and O–H groups in total. The van der Waals surface area contributed by atoms with Crippen molar-refractivity contribution < 1.29 is 22.7 Å². The van der Waals surface area contributed by atoms with Gasteiger partial charge in [0.2, 0.25) is 10.0 Å². The van der Waals surface area contributed by atoms with E-state index in [1.807, 2.05) is 20.8 Å². The van der Waals surface area contributed by atoms with Gasteiger partial charge in [-0.2, -0.15) is 4.72 Å². The summed E-state index contributed by atoms with van der Waals surface area (Å²) in [5.74, 6) is -1.28. The van der Waals surface area contributed by atoms with Crippen LogP contribution in [-0.2, 0) is 29.8 Å². The number of amides is 1. The first-order valence-electron chi connectivity index (χ1n) is 8.72. The SMILES string of the molecule is C[C@H](NS(=O)(=O)c1ccc(C(C)(C)C)cc1)C(=O)OCC(=O)NC(C)(C)C. The van der Waals surface area contributed by atoms with Crippen LogP contribution in [0, 0.1) is 0 Å². The molecule has 0 aliphatic carbocycles. The smallest absolute Gasteiger partial charge is 0.324 e. The second-order valence-corrected chi connectivity index (χ2v) is 10.2. The number of nitrogens with one attached hydrogen (secondary N) is 2. The van der Waals surface area contributed by atoms with Crippen molar-refractivity contribution in [3.8, 4) is 0 Å². The number of carbonyl (C=O) groups excluding carboxylic acids is 2. The molecule has 0 heterocycles. The molecule has 1 rings (SSSR count). The molecule has 1 aromatic carbocycles. The molecule has 0 saturated heterocycles. The Morgan fingerprint density at radius 1 is 1.04 bits per heavy atom. The van der Waals surface area contributed by atoms with Gasteiger partial charge in [-0.25, -0.2) is 8.42 Å². The standard InChI is InChI=1S/C19H30N2O5S/c1-13(17(23)26-12-16(22)20-19(5,6)7)21-27(24,25)15-10-8-14(9-11-15)18(2,3)4/h8-11,13,21H,12H2,1-7H3,(H,20,22)/t13-/m0/s1. The molecule has 1 aromatic rings. The lowest BCUT2D eigenvalue weighted by Gasteiger charge is -2.21. The average molecular weight is 399 g/mol. The highest BCUT2D eigenvalue weighted by Gasteiger charge is 2.25. The summed E-state index contributed by atoms with van der Waals surface area (Å²) in [5, 5.41) is 2.65. The summed E-state index contributed by atoms with van der Waals surface area (Å²) in [6, 6.07) is 5.36. The van der Waals surface area contributed by atoms with E-state index >= 15 is 0 Å². The van der Waals surface area contributed by atoms with Crippen LogP contribution in [0.3, 0.4) is 0 Å². The molecule has 27 heavy (non-hydrogen) atoms. The maximum absolute atomic E-state index is 12.4. The summed E-state index contributed by atoms with van der Waals surface area (Å²) in [7, 11) is -3.89. The maximum atomic E-state index is 12.4. The van der Waals surface area contributed by atoms with Crippen LogP contribution >= 0.6 is 0 Å². The van der Waals surface area contributed by atoms with Crippen molar-refractivity contribution in [2.24, 2.45) is 0 Å². The van der Waals surface area contributed by atoms with Crippen LogP contribution in [0.1, 0.15) is 54.0 Å². The van der Waals surface area contributed by atoms with Crippen LogP contribution in [0.5, 0.6) is 0 Å². The van der Waals surface area contributed by atoms with Crippen molar-refractivity contribution >= 4 is 21.9 Å². The molecule has 0 spiro atoms. The number of hydrogen-bond donors (Lipinski definition) is 2. The molecule has 0 bridgehead atoms. The lowest BCUT2D eigenvalue weighted by molar-refractivity contribution is -0.150. The Labute approximate surface area is 161 Å². The van der Waals surface area contributed by atoms with E-state index < -0.39 is 40.1 Å². The molecule has 0 unspecified atom stereocenters. The number of ether oxygens (including phenoxy) is 1. The quantitative estimate of drug-likeness (QED) is 0.715. The van der Waals surface area contributed by atoms with Gasteiger partial charge in [0.15, 0.2) is 6.61 Å². The van der Waals surface area contributed by atoms with E-state index in [1.54, 1.807) is 32.9 Å². The fourth-order valence-electron chi connectivity index (χ4n) is 2.20. The summed E-state index contributed by atoms with van der Waals surface area (Å²) in [6.07, 6.45) is 0. The van der Waals surface area contributed by atoms with Gasteiger partial charge in [0.05, 0.1) is 4.90 Å². The third-order valence-corrected chi connectivity index (χ3v) is 5.13. The number of sulfonamides is 1. The Bertz CT molecular complexity index is 772. The van der Waals surface area contributed by atoms with Crippen molar-refractivity contribution in [3.05, 3.63) is 29.8 Å². The second kappa shape index (κ2) is 8.39. The predicted molar refractivity (Wildman–Crippen MR) is 104 cm³/mol. The number of hydrogen-bond acceptors (Lipinski definition) is 5. The van der Waals surface area contributed by atoms with Gasteiger partial charge >= 0.3 is 5.97 Å². The third-order valence-electron chi connectivity index (χ3n) is 3.58. The maximum Gasteiger partial charge on any atom is 0.324 e. The van der Waals surface area contributed by atoms with Crippen LogP contribution < -0.4 is 10.0 Å². The van der Waals surface area contributed by atoms with Gasteiger partial charge < -0.3 is 10.1 Å². The molecular formula is C19H30N2O5S. The van der Waals surface area contributed by atoms with Gasteiger partial charge in [-0.3, -0.25) is 9.59 Å². The zero-order valence-corrected chi connectivity index (χ0v) is 17.9. The first kappa shape index (κ1) is 23.1. The molecule has 152 valence electrons. The molecule has 0 fully saturated rings. The Hall–Kier alpha value is -1.93. The van der Waals surface area contributed by atoms with Crippen LogP contribution in [0.4, 0.5) is 0 Å². The highest BCUT2D eigenvalue weighted by atomic mass is 32.2. The molecule has 7 nitrogen and oxygen atoms in total. The van der Waals surface area contributed by atoms with Gasteiger partial charge in [0.25, 0.3) is 5.91 Å². The minimum atomic E-state index is -3.89. The van der Waals surface area contributed by atoms with E-state index in [0.717, 1.165) is 5.56 Å². The molecule has 0 aliphatic rings. The van der Waals surface area contributed by atoms with E-state index in [0.29, 0.717) is 0 Å². The molecule has 0 aromatic heterocycles. The molecular weight excluding hydrogens is 368 g/mol. The normalized spacial score (nSPS) is 13.7. The van der Waals surface area contributed by atoms with Crippen molar-refractivity contribution in [1.29, 1.82) is 0 Å². The van der Waals surface area contributed by atoms with Crippen molar-refractivity contribution in [2.45, 2.75) is 70.4 Å². The fourth-order valence-corrected chi connectivity index (χ4v) is 3.39. The van der Waals surface area contributed by atoms with E-state index in [1.165, 1.54) is 19.1 Å². The Kier molecular flexibility index (Phi) is 7.18. The first-order chi connectivity index (χ1) is 12.1. The summed E-state index contributed by atoms with van der Waals surface area (Å²) in [4.78, 5) is 23.7. The molecule has 0 aliphatic heterocycles. The number of esters is 1. The van der Waals surface area contributed by atoms with Gasteiger partial charge in [-0.1, -0.05) is 32.9 Å². The Balaban J connectivity index is 2.70. The zero-order chi connectivity index (χ0) is 21.0. The van der Waals surface area contributed by atoms with Gasteiger partial charge in [0, 0.05) is 5.54 Å². The van der Waals surface area contributed by atoms with Crippen LogP contribution in [-0.4, -0.2) is 38.5 Å². The number of rotatable bonds is 6. The highest BCUT2D eigenvalue weighted by molar-refractivity contribution is 7.89. The van der Waals surface area contributed by atoms with E-state index in [2.05, 4.69) is 10.0 Å². The Morgan fingerprint density at radius 3 is 2.00 bits per heavy atom. The first-order valence-corrected chi connectivity index (χ1v) is 10.2. The summed E-state index contributed by atoms with van der Waals surface area (Å²) < 4.78 is 32.0. The fraction of sp³-hybridized carbons (Fsp3) is 0.579. The predicted octanol–water partition coefficient (Wildman–Crippen LogP) is 2.11. The van der Waals surface area contributed by atoms with Crippen LogP contribution in [0.2, 0.25) is 0 Å². The molecule has 1 atom stereocenters. The lowest BCUT2D eigenvalue weighted by atomic mass is 9.87. The van der Waals surface area contributed by atoms with E-state index in [9.17, 15) is 18.0 Å². The van der Waals surface area contributed by atoms with Crippen molar-refractivity contribution in [1.82, 2.24) is 10.0 Å². The topological polar surface area (TPSA) is 102 Å². The summed E-state index contributed by atoms with van der Waals surface area (Å²) in [5.41, 5.74) is 0.454. The zero-order valence-electron chi connectivity index (χ0n) is 17.0. The van der Waals surface area contributed by atoms with E-state index in [4.69, 9.17) is 4.74 Å². The molecule has 0 radical (unpaired) electrons. The largest absolute Gasteiger partial charge is 0.454 e. The second-order valence-electron chi connectivity index (χ2n) is 8.52. The van der Waals surface area contributed by atoms with Gasteiger partial charge in [0.1, 0.15) is 6.04 Å². The van der Waals surface area contributed by atoms with Crippen LogP contribution in [0.25, 0.3) is 0 Å². The monoisotopic (exact) mass is 398 g/mol. The number of carbonyl (C=O) groups is 2. The van der Waals surface area contributed by atoms with Gasteiger partial charge in [-0.05, 0) is 50.8 Å². The lowest BCUT2D eigenvalue weighted by Crippen LogP contribution is -2.44. The van der Waals surface area contributed by atoms with Crippen LogP contribution in [0.15, 0.2) is 29.2 Å². The van der Waals surface area contributed by atoms with E-state index in [-0.39, 0.29) is 10.3 Å². The molecule has 8 heteroatoms. The van der Waals surface area contributed by atoms with Crippen molar-refractivity contribution in [2.75, 3.05) is 6.61 Å². The molecule has 1 amide bonds.